The topological polar surface area (TPSA) is 78.9 Å². The molecular weight excluding hydrogens is 673 g/mol. The van der Waals surface area contributed by atoms with Gasteiger partial charge < -0.3 is 14.2 Å². The van der Waals surface area contributed by atoms with E-state index in [-0.39, 0.29) is 31.1 Å². The third-order valence-electron chi connectivity index (χ3n) is 10.7. The van der Waals surface area contributed by atoms with Crippen molar-refractivity contribution in [3.8, 4) is 0 Å². The number of hydrogen-bond acceptors (Lipinski definition) is 6. The summed E-state index contributed by atoms with van der Waals surface area (Å²) in [5.41, 5.74) is 0. The van der Waals surface area contributed by atoms with Crippen LogP contribution < -0.4 is 0 Å². The molecule has 320 valence electrons. The van der Waals surface area contributed by atoms with Crippen LogP contribution >= 0.6 is 0 Å². The van der Waals surface area contributed by atoms with Crippen LogP contribution in [0.4, 0.5) is 0 Å². The maximum atomic E-state index is 12.7. The van der Waals surface area contributed by atoms with Crippen molar-refractivity contribution < 1.29 is 28.6 Å². The zero-order chi connectivity index (χ0) is 39.7. The summed E-state index contributed by atoms with van der Waals surface area (Å²) < 4.78 is 16.7. The first-order valence-electron chi connectivity index (χ1n) is 23.7. The van der Waals surface area contributed by atoms with Crippen LogP contribution in [0.1, 0.15) is 259 Å². The summed E-state index contributed by atoms with van der Waals surface area (Å²) in [6, 6.07) is 0. The van der Waals surface area contributed by atoms with Gasteiger partial charge in [-0.2, -0.15) is 0 Å². The molecule has 0 amide bonds. The van der Waals surface area contributed by atoms with Crippen molar-refractivity contribution in [1.82, 2.24) is 0 Å². The molecule has 54 heavy (non-hydrogen) atoms. The Kier molecular flexibility index (Phi) is 39.8. The van der Waals surface area contributed by atoms with E-state index >= 15 is 0 Å². The van der Waals surface area contributed by atoms with E-state index in [1.807, 2.05) is 0 Å². The monoisotopic (exact) mass is 765 g/mol. The van der Waals surface area contributed by atoms with Crippen LogP contribution in [0.5, 0.6) is 0 Å². The van der Waals surface area contributed by atoms with E-state index in [0.717, 1.165) is 69.6 Å². The molecule has 0 saturated carbocycles. The van der Waals surface area contributed by atoms with E-state index in [0.29, 0.717) is 19.3 Å². The number of carbonyl (C=O) groups is 3. The van der Waals surface area contributed by atoms with Crippen LogP contribution in [0.2, 0.25) is 0 Å². The second-order valence-corrected chi connectivity index (χ2v) is 17.3. The molecule has 0 aliphatic heterocycles. The maximum Gasteiger partial charge on any atom is 0.306 e. The SMILES string of the molecule is CCCCCCCCCCCCCCCCCC(=O)OC[C@@H](COC(=O)CCCCCCCCC(C)C)OC(=O)CCCCCCCCCCCC(C)C. The summed E-state index contributed by atoms with van der Waals surface area (Å²) in [7, 11) is 0. The highest BCUT2D eigenvalue weighted by Gasteiger charge is 2.19. The van der Waals surface area contributed by atoms with Crippen molar-refractivity contribution in [2.75, 3.05) is 13.2 Å². The molecule has 0 unspecified atom stereocenters. The minimum absolute atomic E-state index is 0.0653. The second-order valence-electron chi connectivity index (χ2n) is 17.3. The minimum atomic E-state index is -0.761. The largest absolute Gasteiger partial charge is 0.462 e. The molecule has 1 atom stereocenters. The summed E-state index contributed by atoms with van der Waals surface area (Å²) in [4.78, 5) is 37.7. The molecule has 0 bridgehead atoms. The first-order chi connectivity index (χ1) is 26.2. The summed E-state index contributed by atoms with van der Waals surface area (Å²) >= 11 is 0. The summed E-state index contributed by atoms with van der Waals surface area (Å²) in [6.45, 7) is 11.3. The van der Waals surface area contributed by atoms with Crippen molar-refractivity contribution >= 4 is 17.9 Å². The molecule has 0 saturated heterocycles. The second kappa shape index (κ2) is 41.1. The van der Waals surface area contributed by atoms with Crippen LogP contribution in [0.3, 0.4) is 0 Å². The molecule has 0 rings (SSSR count). The van der Waals surface area contributed by atoms with Crippen LogP contribution in [0.15, 0.2) is 0 Å². The average molecular weight is 765 g/mol. The van der Waals surface area contributed by atoms with Crippen LogP contribution in [-0.2, 0) is 28.6 Å². The van der Waals surface area contributed by atoms with Crippen LogP contribution in [0, 0.1) is 11.8 Å². The van der Waals surface area contributed by atoms with Gasteiger partial charge in [-0.25, -0.2) is 0 Å². The number of hydrogen-bond donors (Lipinski definition) is 0. The highest BCUT2D eigenvalue weighted by Crippen LogP contribution is 2.17. The summed E-state index contributed by atoms with van der Waals surface area (Å²) in [6.07, 6.45) is 39.6. The molecule has 0 N–H and O–H groups in total. The van der Waals surface area contributed by atoms with E-state index in [4.69, 9.17) is 14.2 Å². The Morgan fingerprint density at radius 3 is 0.907 bits per heavy atom. The standard InChI is InChI=1S/C48H92O6/c1-6-7-8-9-10-11-12-13-14-15-16-19-22-28-33-38-46(49)52-41-45(42-53-47(50)39-34-29-25-24-27-32-37-44(4)5)54-48(51)40-35-30-23-20-17-18-21-26-31-36-43(2)3/h43-45H,6-42H2,1-5H3/t45-/m0/s1. The van der Waals surface area contributed by atoms with Gasteiger partial charge in [0.05, 0.1) is 0 Å². The Labute approximate surface area is 336 Å². The Bertz CT molecular complexity index is 824. The number of ether oxygens (including phenoxy) is 3. The molecule has 0 spiro atoms. The zero-order valence-electron chi connectivity index (χ0n) is 36.8. The van der Waals surface area contributed by atoms with Gasteiger partial charge in [-0.3, -0.25) is 14.4 Å². The van der Waals surface area contributed by atoms with Gasteiger partial charge in [-0.1, -0.05) is 221 Å². The molecular formula is C48H92O6. The fourth-order valence-corrected chi connectivity index (χ4v) is 7.11. The highest BCUT2D eigenvalue weighted by molar-refractivity contribution is 5.71. The quantitative estimate of drug-likeness (QED) is 0.0350. The lowest BCUT2D eigenvalue weighted by Crippen LogP contribution is -2.30. The first kappa shape index (κ1) is 52.4. The number of carbonyl (C=O) groups excluding carboxylic acids is 3. The molecule has 6 nitrogen and oxygen atoms in total. The summed E-state index contributed by atoms with van der Waals surface area (Å²) in [5.74, 6) is 0.709. The molecule has 6 heteroatoms. The smallest absolute Gasteiger partial charge is 0.306 e. The first-order valence-corrected chi connectivity index (χ1v) is 23.7. The van der Waals surface area contributed by atoms with Gasteiger partial charge in [0.2, 0.25) is 0 Å². The van der Waals surface area contributed by atoms with Crippen molar-refractivity contribution in [2.24, 2.45) is 11.8 Å². The molecule has 0 radical (unpaired) electrons. The third kappa shape index (κ3) is 41.6. The van der Waals surface area contributed by atoms with Gasteiger partial charge >= 0.3 is 17.9 Å². The fourth-order valence-electron chi connectivity index (χ4n) is 7.11. The van der Waals surface area contributed by atoms with E-state index < -0.39 is 6.10 Å². The number of esters is 3. The number of unbranched alkanes of at least 4 members (excludes halogenated alkanes) is 27. The lowest BCUT2D eigenvalue weighted by molar-refractivity contribution is -0.167. The Balaban J connectivity index is 4.29. The fraction of sp³-hybridized carbons (Fsp3) is 0.938. The molecule has 0 aromatic heterocycles. The van der Waals surface area contributed by atoms with Gasteiger partial charge in [0, 0.05) is 19.3 Å². The minimum Gasteiger partial charge on any atom is -0.462 e. The maximum absolute atomic E-state index is 12.7. The van der Waals surface area contributed by atoms with Crippen molar-refractivity contribution in [3.63, 3.8) is 0 Å². The van der Waals surface area contributed by atoms with Crippen LogP contribution in [-0.4, -0.2) is 37.2 Å². The molecule has 0 aromatic rings. The van der Waals surface area contributed by atoms with Crippen LogP contribution in [0.25, 0.3) is 0 Å². The normalized spacial score (nSPS) is 12.1. The predicted molar refractivity (Wildman–Crippen MR) is 229 cm³/mol. The zero-order valence-corrected chi connectivity index (χ0v) is 36.8. The van der Waals surface area contributed by atoms with E-state index in [1.165, 1.54) is 148 Å². The molecule has 0 fully saturated rings. The lowest BCUT2D eigenvalue weighted by Gasteiger charge is -2.18. The Morgan fingerprint density at radius 1 is 0.352 bits per heavy atom. The van der Waals surface area contributed by atoms with E-state index in [2.05, 4.69) is 34.6 Å². The lowest BCUT2D eigenvalue weighted by atomic mass is 10.0. The molecule has 0 aromatic carbocycles. The van der Waals surface area contributed by atoms with Gasteiger partial charge in [-0.15, -0.1) is 0 Å². The molecule has 0 aliphatic carbocycles. The van der Waals surface area contributed by atoms with Gasteiger partial charge in [0.15, 0.2) is 6.10 Å². The number of rotatable bonds is 42. The Hall–Kier alpha value is -1.59. The summed E-state index contributed by atoms with van der Waals surface area (Å²) in [5, 5.41) is 0. The van der Waals surface area contributed by atoms with Crippen molar-refractivity contribution in [3.05, 3.63) is 0 Å². The van der Waals surface area contributed by atoms with Gasteiger partial charge in [0.25, 0.3) is 0 Å². The third-order valence-corrected chi connectivity index (χ3v) is 10.7. The van der Waals surface area contributed by atoms with Crippen molar-refractivity contribution in [1.29, 1.82) is 0 Å². The van der Waals surface area contributed by atoms with E-state index in [1.54, 1.807) is 0 Å². The van der Waals surface area contributed by atoms with Gasteiger partial charge in [0.1, 0.15) is 13.2 Å². The molecule has 0 heterocycles. The predicted octanol–water partition coefficient (Wildman–Crippen LogP) is 15.0. The highest BCUT2D eigenvalue weighted by atomic mass is 16.6. The van der Waals surface area contributed by atoms with Gasteiger partial charge in [-0.05, 0) is 31.1 Å². The Morgan fingerprint density at radius 2 is 0.611 bits per heavy atom. The average Bonchev–Trinajstić information content (AvgIpc) is 3.14. The van der Waals surface area contributed by atoms with Crippen molar-refractivity contribution in [2.45, 2.75) is 265 Å². The molecule has 0 aliphatic rings. The van der Waals surface area contributed by atoms with E-state index in [9.17, 15) is 14.4 Å².